The van der Waals surface area contributed by atoms with Crippen molar-refractivity contribution in [2.75, 3.05) is 6.54 Å². The van der Waals surface area contributed by atoms with Gasteiger partial charge in [-0.3, -0.25) is 0 Å². The summed E-state index contributed by atoms with van der Waals surface area (Å²) in [5, 5.41) is 0.403. The van der Waals surface area contributed by atoms with E-state index in [0.717, 1.165) is 0 Å². The smallest absolute Gasteiger partial charge is 0.126 e. The first-order chi connectivity index (χ1) is 6.13. The van der Waals surface area contributed by atoms with Crippen molar-refractivity contribution < 1.29 is 8.78 Å². The molecule has 72 valence electrons. The molecule has 1 nitrogen and oxygen atoms in total. The zero-order valence-electron chi connectivity index (χ0n) is 6.93. The molecule has 0 fully saturated rings. The molecule has 4 heteroatoms. The highest BCUT2D eigenvalue weighted by atomic mass is 35.5. The first-order valence-electron chi connectivity index (χ1n) is 3.91. The van der Waals surface area contributed by atoms with Crippen LogP contribution in [-0.2, 0) is 6.42 Å². The fourth-order valence-corrected chi connectivity index (χ4v) is 1.22. The third-order valence-electron chi connectivity index (χ3n) is 1.70. The van der Waals surface area contributed by atoms with Gasteiger partial charge in [-0.1, -0.05) is 11.6 Å². The molecular weight excluding hydrogens is 196 g/mol. The SMILES string of the molecule is NCC(F)Cc1cc(Cl)ccc1F. The van der Waals surface area contributed by atoms with E-state index in [1.165, 1.54) is 18.2 Å². The molecule has 0 amide bonds. The van der Waals surface area contributed by atoms with Crippen molar-refractivity contribution in [3.63, 3.8) is 0 Å². The number of rotatable bonds is 3. The van der Waals surface area contributed by atoms with Gasteiger partial charge in [0.1, 0.15) is 12.0 Å². The van der Waals surface area contributed by atoms with E-state index in [0.29, 0.717) is 5.02 Å². The van der Waals surface area contributed by atoms with Crippen LogP contribution in [0.2, 0.25) is 5.02 Å². The van der Waals surface area contributed by atoms with Crippen LogP contribution in [0.1, 0.15) is 5.56 Å². The second-order valence-corrected chi connectivity index (χ2v) is 3.21. The number of benzene rings is 1. The molecule has 0 aliphatic heterocycles. The maximum atomic E-state index is 13.0. The summed E-state index contributed by atoms with van der Waals surface area (Å²) in [7, 11) is 0. The maximum absolute atomic E-state index is 13.0. The molecule has 0 radical (unpaired) electrons. The van der Waals surface area contributed by atoms with Gasteiger partial charge >= 0.3 is 0 Å². The second-order valence-electron chi connectivity index (χ2n) is 2.77. The lowest BCUT2D eigenvalue weighted by atomic mass is 10.1. The van der Waals surface area contributed by atoms with Crippen LogP contribution < -0.4 is 5.73 Å². The maximum Gasteiger partial charge on any atom is 0.126 e. The molecule has 0 saturated heterocycles. The summed E-state index contributed by atoms with van der Waals surface area (Å²) < 4.78 is 25.8. The topological polar surface area (TPSA) is 26.0 Å². The molecule has 1 aromatic carbocycles. The third-order valence-corrected chi connectivity index (χ3v) is 1.94. The van der Waals surface area contributed by atoms with Crippen LogP contribution in [-0.4, -0.2) is 12.7 Å². The lowest BCUT2D eigenvalue weighted by molar-refractivity contribution is 0.337. The Labute approximate surface area is 80.5 Å². The van der Waals surface area contributed by atoms with Crippen LogP contribution in [0.4, 0.5) is 8.78 Å². The lowest BCUT2D eigenvalue weighted by Gasteiger charge is -2.06. The van der Waals surface area contributed by atoms with Gasteiger partial charge in [-0.25, -0.2) is 8.78 Å². The predicted molar refractivity (Wildman–Crippen MR) is 49.1 cm³/mol. The average molecular weight is 206 g/mol. The molecule has 1 unspecified atom stereocenters. The number of hydrogen-bond acceptors (Lipinski definition) is 1. The molecule has 13 heavy (non-hydrogen) atoms. The highest BCUT2D eigenvalue weighted by Gasteiger charge is 2.09. The highest BCUT2D eigenvalue weighted by molar-refractivity contribution is 6.30. The molecule has 0 spiro atoms. The van der Waals surface area contributed by atoms with E-state index in [1.807, 2.05) is 0 Å². The number of halogens is 3. The summed E-state index contributed by atoms with van der Waals surface area (Å²) in [5.41, 5.74) is 5.35. The summed E-state index contributed by atoms with van der Waals surface area (Å²) in [6, 6.07) is 4.07. The van der Waals surface area contributed by atoms with Gasteiger partial charge in [0.05, 0.1) is 0 Å². The predicted octanol–water partition coefficient (Wildman–Crippen LogP) is 2.32. The Hall–Kier alpha value is -0.670. The van der Waals surface area contributed by atoms with Crippen LogP contribution in [0.25, 0.3) is 0 Å². The van der Waals surface area contributed by atoms with Gasteiger partial charge in [-0.05, 0) is 23.8 Å². The Morgan fingerprint density at radius 3 is 2.77 bits per heavy atom. The van der Waals surface area contributed by atoms with E-state index < -0.39 is 12.0 Å². The first kappa shape index (κ1) is 10.4. The molecule has 0 saturated carbocycles. The van der Waals surface area contributed by atoms with E-state index in [2.05, 4.69) is 0 Å². The molecule has 1 rings (SSSR count). The summed E-state index contributed by atoms with van der Waals surface area (Å²) >= 11 is 5.62. The van der Waals surface area contributed by atoms with Gasteiger partial charge in [0, 0.05) is 18.0 Å². The van der Waals surface area contributed by atoms with Gasteiger partial charge in [-0.2, -0.15) is 0 Å². The Bertz CT molecular complexity index is 291. The molecule has 0 bridgehead atoms. The zero-order valence-corrected chi connectivity index (χ0v) is 7.69. The summed E-state index contributed by atoms with van der Waals surface area (Å²) in [4.78, 5) is 0. The second kappa shape index (κ2) is 4.53. The Morgan fingerprint density at radius 2 is 2.15 bits per heavy atom. The number of nitrogens with two attached hydrogens (primary N) is 1. The van der Waals surface area contributed by atoms with Crippen LogP contribution in [0.5, 0.6) is 0 Å². The van der Waals surface area contributed by atoms with Crippen molar-refractivity contribution in [1.29, 1.82) is 0 Å². The minimum Gasteiger partial charge on any atom is -0.328 e. The Kier molecular flexibility index (Phi) is 3.63. The molecule has 0 aliphatic carbocycles. The minimum absolute atomic E-state index is 0.0249. The highest BCUT2D eigenvalue weighted by Crippen LogP contribution is 2.16. The van der Waals surface area contributed by atoms with Crippen molar-refractivity contribution in [1.82, 2.24) is 0 Å². The number of hydrogen-bond donors (Lipinski definition) is 1. The molecule has 2 N–H and O–H groups in total. The van der Waals surface area contributed by atoms with Crippen molar-refractivity contribution >= 4 is 11.6 Å². The van der Waals surface area contributed by atoms with E-state index in [-0.39, 0.29) is 18.5 Å². The van der Waals surface area contributed by atoms with E-state index in [9.17, 15) is 8.78 Å². The van der Waals surface area contributed by atoms with Crippen LogP contribution >= 0.6 is 11.6 Å². The monoisotopic (exact) mass is 205 g/mol. The van der Waals surface area contributed by atoms with E-state index in [4.69, 9.17) is 17.3 Å². The fraction of sp³-hybridized carbons (Fsp3) is 0.333. The summed E-state index contributed by atoms with van der Waals surface area (Å²) in [6.45, 7) is -0.105. The van der Waals surface area contributed by atoms with Crippen molar-refractivity contribution in [2.24, 2.45) is 5.73 Å². The summed E-state index contributed by atoms with van der Waals surface area (Å²) in [5.74, 6) is -0.444. The third kappa shape index (κ3) is 2.94. The van der Waals surface area contributed by atoms with Gasteiger partial charge in [0.25, 0.3) is 0 Å². The molecule has 0 aromatic heterocycles. The van der Waals surface area contributed by atoms with Crippen LogP contribution in [0.15, 0.2) is 18.2 Å². The first-order valence-corrected chi connectivity index (χ1v) is 4.29. The fourth-order valence-electron chi connectivity index (χ4n) is 1.02. The normalized spacial score (nSPS) is 12.9. The standard InChI is InChI=1S/C9H10ClF2N/c10-7-1-2-9(12)6(3-7)4-8(11)5-13/h1-3,8H,4-5,13H2. The molecule has 0 aliphatic rings. The quantitative estimate of drug-likeness (QED) is 0.805. The van der Waals surface area contributed by atoms with E-state index in [1.54, 1.807) is 0 Å². The molecule has 0 heterocycles. The average Bonchev–Trinajstić information content (AvgIpc) is 2.11. The zero-order chi connectivity index (χ0) is 9.84. The lowest BCUT2D eigenvalue weighted by Crippen LogP contribution is -2.18. The Morgan fingerprint density at radius 1 is 1.46 bits per heavy atom. The molecule has 1 atom stereocenters. The van der Waals surface area contributed by atoms with E-state index >= 15 is 0 Å². The van der Waals surface area contributed by atoms with Crippen molar-refractivity contribution in [3.8, 4) is 0 Å². The number of alkyl halides is 1. The molecule has 1 aromatic rings. The summed E-state index contributed by atoms with van der Waals surface area (Å²) in [6.07, 6.45) is -1.24. The Balaban J connectivity index is 2.81. The minimum atomic E-state index is -1.21. The molecular formula is C9H10ClF2N. The largest absolute Gasteiger partial charge is 0.328 e. The van der Waals surface area contributed by atoms with Crippen LogP contribution in [0, 0.1) is 5.82 Å². The van der Waals surface area contributed by atoms with Gasteiger partial charge in [0.15, 0.2) is 0 Å². The van der Waals surface area contributed by atoms with Crippen molar-refractivity contribution in [3.05, 3.63) is 34.6 Å². The van der Waals surface area contributed by atoms with Gasteiger partial charge in [0.2, 0.25) is 0 Å². The van der Waals surface area contributed by atoms with Crippen molar-refractivity contribution in [2.45, 2.75) is 12.6 Å². The van der Waals surface area contributed by atoms with Crippen LogP contribution in [0.3, 0.4) is 0 Å². The van der Waals surface area contributed by atoms with Gasteiger partial charge < -0.3 is 5.73 Å². The van der Waals surface area contributed by atoms with Gasteiger partial charge in [-0.15, -0.1) is 0 Å².